The van der Waals surface area contributed by atoms with Gasteiger partial charge in [0, 0.05) is 11.9 Å². The van der Waals surface area contributed by atoms with Crippen LogP contribution >= 0.6 is 11.3 Å². The lowest BCUT2D eigenvalue weighted by atomic mass is 9.95. The first-order chi connectivity index (χ1) is 9.00. The molecule has 0 spiro atoms. The van der Waals surface area contributed by atoms with E-state index >= 15 is 0 Å². The molecule has 1 heterocycles. The molecule has 1 saturated carbocycles. The Bertz CT molecular complexity index is 486. The van der Waals surface area contributed by atoms with Crippen LogP contribution in [0.4, 0.5) is 0 Å². The molecule has 0 aromatic carbocycles. The van der Waals surface area contributed by atoms with Crippen LogP contribution in [0.15, 0.2) is 5.51 Å². The fourth-order valence-electron chi connectivity index (χ4n) is 2.61. The molecule has 2 rings (SSSR count). The zero-order chi connectivity index (χ0) is 14.0. The molecule has 5 nitrogen and oxygen atoms in total. The van der Waals surface area contributed by atoms with Crippen molar-refractivity contribution in [2.75, 3.05) is 7.05 Å². The third-order valence-electron chi connectivity index (χ3n) is 3.75. The third kappa shape index (κ3) is 2.94. The topological polar surface area (TPSA) is 70.5 Å². The second kappa shape index (κ2) is 5.69. The van der Waals surface area contributed by atoms with Gasteiger partial charge in [0.1, 0.15) is 0 Å². The minimum absolute atomic E-state index is 0.0577. The van der Waals surface area contributed by atoms with Gasteiger partial charge in [0.25, 0.3) is 0 Å². The summed E-state index contributed by atoms with van der Waals surface area (Å²) in [6.45, 7) is 2.43. The number of carboxylic acid groups (broad SMARTS) is 1. The molecule has 0 radical (unpaired) electrons. The van der Waals surface area contributed by atoms with Crippen LogP contribution in [0.1, 0.15) is 29.8 Å². The first-order valence-corrected chi connectivity index (χ1v) is 7.25. The van der Waals surface area contributed by atoms with Crippen molar-refractivity contribution in [3.8, 4) is 0 Å². The van der Waals surface area contributed by atoms with Crippen molar-refractivity contribution in [2.45, 2.75) is 32.7 Å². The van der Waals surface area contributed by atoms with Crippen molar-refractivity contribution in [3.63, 3.8) is 0 Å². The molecule has 1 aromatic heterocycles. The van der Waals surface area contributed by atoms with Crippen LogP contribution in [0.3, 0.4) is 0 Å². The normalized spacial score (nSPS) is 22.4. The minimum atomic E-state index is -0.849. The number of aryl methyl sites for hydroxylation is 1. The first kappa shape index (κ1) is 14.0. The monoisotopic (exact) mass is 282 g/mol. The molecule has 1 N–H and O–H groups in total. The van der Waals surface area contributed by atoms with Crippen LogP contribution in [-0.4, -0.2) is 33.9 Å². The maximum absolute atomic E-state index is 12.3. The van der Waals surface area contributed by atoms with Gasteiger partial charge in [-0.25, -0.2) is 4.98 Å². The highest BCUT2D eigenvalue weighted by atomic mass is 32.1. The van der Waals surface area contributed by atoms with Gasteiger partial charge in [-0.15, -0.1) is 11.3 Å². The summed E-state index contributed by atoms with van der Waals surface area (Å²) in [6, 6.07) is 0. The molecule has 6 heteroatoms. The van der Waals surface area contributed by atoms with Gasteiger partial charge in [-0.3, -0.25) is 9.59 Å². The average Bonchev–Trinajstić information content (AvgIpc) is 2.98. The Hall–Kier alpha value is -1.43. The highest BCUT2D eigenvalue weighted by Gasteiger charge is 2.39. The lowest BCUT2D eigenvalue weighted by Crippen LogP contribution is -2.36. The van der Waals surface area contributed by atoms with E-state index in [0.717, 1.165) is 17.0 Å². The number of aliphatic carboxylic acids is 1. The number of rotatable bonds is 4. The number of carbonyl (C=O) groups is 2. The van der Waals surface area contributed by atoms with Gasteiger partial charge in [-0.2, -0.15) is 0 Å². The van der Waals surface area contributed by atoms with Gasteiger partial charge in [0.2, 0.25) is 5.91 Å². The predicted molar refractivity (Wildman–Crippen MR) is 71.8 cm³/mol. The van der Waals surface area contributed by atoms with Gasteiger partial charge in [-0.05, 0) is 19.8 Å². The maximum atomic E-state index is 12.3. The fraction of sp³-hybridized carbons (Fsp3) is 0.615. The SMILES string of the molecule is Cc1ncsc1CN(C)C(=O)C1CCCC1C(=O)O. The van der Waals surface area contributed by atoms with Crippen molar-refractivity contribution < 1.29 is 14.7 Å². The number of aromatic nitrogens is 1. The smallest absolute Gasteiger partial charge is 0.307 e. The molecule has 0 bridgehead atoms. The van der Waals surface area contributed by atoms with E-state index < -0.39 is 11.9 Å². The number of nitrogens with zero attached hydrogens (tertiary/aromatic N) is 2. The molecule has 104 valence electrons. The van der Waals surface area contributed by atoms with Crippen LogP contribution < -0.4 is 0 Å². The maximum Gasteiger partial charge on any atom is 0.307 e. The standard InChI is InChI=1S/C13H18N2O3S/c1-8-11(19-7-14-8)6-15(2)12(16)9-4-3-5-10(9)13(17)18/h7,9-10H,3-6H2,1-2H3,(H,17,18). The highest BCUT2D eigenvalue weighted by Crippen LogP contribution is 2.33. The zero-order valence-electron chi connectivity index (χ0n) is 11.1. The number of carbonyl (C=O) groups excluding carboxylic acids is 1. The van der Waals surface area contributed by atoms with E-state index in [1.165, 1.54) is 11.3 Å². The quantitative estimate of drug-likeness (QED) is 0.915. The van der Waals surface area contributed by atoms with E-state index in [1.807, 2.05) is 6.92 Å². The summed E-state index contributed by atoms with van der Waals surface area (Å²) in [5, 5.41) is 9.14. The number of thiazole rings is 1. The molecule has 1 aliphatic rings. The Kier molecular flexibility index (Phi) is 4.19. The number of carboxylic acids is 1. The molecule has 2 atom stereocenters. The summed E-state index contributed by atoms with van der Waals surface area (Å²) in [5.74, 6) is -1.79. The Balaban J connectivity index is 2.03. The van der Waals surface area contributed by atoms with Gasteiger partial charge >= 0.3 is 5.97 Å². The van der Waals surface area contributed by atoms with E-state index in [0.29, 0.717) is 19.4 Å². The van der Waals surface area contributed by atoms with E-state index in [9.17, 15) is 9.59 Å². The number of amides is 1. The summed E-state index contributed by atoms with van der Waals surface area (Å²) < 4.78 is 0. The van der Waals surface area contributed by atoms with Crippen LogP contribution in [-0.2, 0) is 16.1 Å². The molecule has 2 unspecified atom stereocenters. The van der Waals surface area contributed by atoms with Crippen molar-refractivity contribution in [2.24, 2.45) is 11.8 Å². The lowest BCUT2D eigenvalue weighted by Gasteiger charge is -2.23. The zero-order valence-corrected chi connectivity index (χ0v) is 11.9. The van der Waals surface area contributed by atoms with Crippen molar-refractivity contribution in [1.82, 2.24) is 9.88 Å². The summed E-state index contributed by atoms with van der Waals surface area (Å²) >= 11 is 1.52. The summed E-state index contributed by atoms with van der Waals surface area (Å²) in [7, 11) is 1.73. The van der Waals surface area contributed by atoms with Crippen LogP contribution in [0.25, 0.3) is 0 Å². The second-order valence-corrected chi connectivity index (χ2v) is 5.98. The Morgan fingerprint density at radius 2 is 2.16 bits per heavy atom. The molecule has 0 saturated heterocycles. The average molecular weight is 282 g/mol. The van der Waals surface area contributed by atoms with Crippen LogP contribution in [0.5, 0.6) is 0 Å². The van der Waals surface area contributed by atoms with Crippen molar-refractivity contribution >= 4 is 23.2 Å². The summed E-state index contributed by atoms with van der Waals surface area (Å²) in [5.41, 5.74) is 2.70. The fourth-order valence-corrected chi connectivity index (χ4v) is 3.44. The number of hydrogen-bond donors (Lipinski definition) is 1. The molecule has 1 aromatic rings. The molecular weight excluding hydrogens is 264 g/mol. The summed E-state index contributed by atoms with van der Waals surface area (Å²) in [4.78, 5) is 30.3. The van der Waals surface area contributed by atoms with Gasteiger partial charge < -0.3 is 10.0 Å². The predicted octanol–water partition coefficient (Wildman–Crippen LogP) is 1.91. The van der Waals surface area contributed by atoms with Crippen LogP contribution in [0.2, 0.25) is 0 Å². The van der Waals surface area contributed by atoms with E-state index in [2.05, 4.69) is 4.98 Å². The van der Waals surface area contributed by atoms with Gasteiger partial charge in [0.15, 0.2) is 0 Å². The third-order valence-corrected chi connectivity index (χ3v) is 4.67. The Morgan fingerprint density at radius 1 is 1.47 bits per heavy atom. The molecular formula is C13H18N2O3S. The van der Waals surface area contributed by atoms with E-state index in [1.54, 1.807) is 17.5 Å². The highest BCUT2D eigenvalue weighted by molar-refractivity contribution is 7.09. The second-order valence-electron chi connectivity index (χ2n) is 5.04. The van der Waals surface area contributed by atoms with E-state index in [4.69, 9.17) is 5.11 Å². The van der Waals surface area contributed by atoms with Gasteiger partial charge in [0.05, 0.1) is 29.6 Å². The molecule has 1 amide bonds. The van der Waals surface area contributed by atoms with Crippen molar-refractivity contribution in [1.29, 1.82) is 0 Å². The molecule has 1 fully saturated rings. The molecule has 0 aliphatic heterocycles. The molecule has 19 heavy (non-hydrogen) atoms. The largest absolute Gasteiger partial charge is 0.481 e. The number of hydrogen-bond acceptors (Lipinski definition) is 4. The Labute approximate surface area is 116 Å². The minimum Gasteiger partial charge on any atom is -0.481 e. The van der Waals surface area contributed by atoms with E-state index in [-0.39, 0.29) is 11.8 Å². The molecule has 1 aliphatic carbocycles. The van der Waals surface area contributed by atoms with Gasteiger partial charge in [-0.1, -0.05) is 6.42 Å². The van der Waals surface area contributed by atoms with Crippen LogP contribution in [0, 0.1) is 18.8 Å². The summed E-state index contributed by atoms with van der Waals surface area (Å²) in [6.07, 6.45) is 2.11. The first-order valence-electron chi connectivity index (χ1n) is 6.37. The lowest BCUT2D eigenvalue weighted by molar-refractivity contribution is -0.148. The van der Waals surface area contributed by atoms with Crippen molar-refractivity contribution in [3.05, 3.63) is 16.1 Å². The Morgan fingerprint density at radius 3 is 2.74 bits per heavy atom.